The van der Waals surface area contributed by atoms with Gasteiger partial charge in [-0.2, -0.15) is 0 Å². The summed E-state index contributed by atoms with van der Waals surface area (Å²) in [5.41, 5.74) is 0. The molecule has 1 aromatic rings. The molecule has 0 spiro atoms. The maximum Gasteiger partial charge on any atom is 0.191 e. The van der Waals surface area contributed by atoms with Crippen LogP contribution in [0.3, 0.4) is 0 Å². The van der Waals surface area contributed by atoms with E-state index in [1.54, 1.807) is 11.3 Å². The number of nitrogens with zero attached hydrogens (tertiary/aromatic N) is 2. The lowest BCUT2D eigenvalue weighted by Crippen LogP contribution is -2.43. The highest BCUT2D eigenvalue weighted by molar-refractivity contribution is 14.0. The average molecular weight is 436 g/mol. The summed E-state index contributed by atoms with van der Waals surface area (Å²) in [6.45, 7) is 10.7. The number of thiophene rings is 1. The highest BCUT2D eigenvalue weighted by Crippen LogP contribution is 2.14. The molecule has 0 aliphatic carbocycles. The molecule has 0 amide bonds. The van der Waals surface area contributed by atoms with Gasteiger partial charge in [0.15, 0.2) is 5.96 Å². The lowest BCUT2D eigenvalue weighted by Gasteiger charge is -2.30. The van der Waals surface area contributed by atoms with Crippen LogP contribution in [-0.2, 0) is 6.54 Å². The van der Waals surface area contributed by atoms with E-state index in [9.17, 15) is 0 Å². The van der Waals surface area contributed by atoms with E-state index in [0.717, 1.165) is 38.1 Å². The minimum Gasteiger partial charge on any atom is -0.357 e. The summed E-state index contributed by atoms with van der Waals surface area (Å²) in [5, 5.41) is 8.86. The van der Waals surface area contributed by atoms with Crippen molar-refractivity contribution < 1.29 is 0 Å². The standard InChI is InChI=1S/C16H28N4S.HI/c1-3-17-16(19-12-15-7-5-11-21-15)18-8-10-20-9-4-6-14(2)13-20;/h5,7,11,14H,3-4,6,8-10,12-13H2,1-2H3,(H2,17,18,19);1H. The van der Waals surface area contributed by atoms with Crippen LogP contribution in [0.1, 0.15) is 31.6 Å². The Morgan fingerprint density at radius 3 is 3.00 bits per heavy atom. The van der Waals surface area contributed by atoms with Gasteiger partial charge < -0.3 is 15.5 Å². The number of likely N-dealkylation sites (tertiary alicyclic amines) is 1. The van der Waals surface area contributed by atoms with Crippen molar-refractivity contribution in [2.75, 3.05) is 32.7 Å². The van der Waals surface area contributed by atoms with Crippen LogP contribution in [0.5, 0.6) is 0 Å². The number of halogens is 1. The Morgan fingerprint density at radius 2 is 2.32 bits per heavy atom. The van der Waals surface area contributed by atoms with E-state index in [0.29, 0.717) is 0 Å². The van der Waals surface area contributed by atoms with Gasteiger partial charge in [-0.15, -0.1) is 35.3 Å². The molecule has 0 saturated carbocycles. The lowest BCUT2D eigenvalue weighted by atomic mass is 10.0. The molecule has 1 aliphatic rings. The molecule has 2 heterocycles. The van der Waals surface area contributed by atoms with Crippen LogP contribution < -0.4 is 10.6 Å². The summed E-state index contributed by atoms with van der Waals surface area (Å²) >= 11 is 1.76. The van der Waals surface area contributed by atoms with Crippen molar-refractivity contribution in [3.05, 3.63) is 22.4 Å². The maximum atomic E-state index is 4.64. The first kappa shape index (κ1) is 19.7. The van der Waals surface area contributed by atoms with E-state index in [1.807, 2.05) is 0 Å². The van der Waals surface area contributed by atoms with Gasteiger partial charge in [-0.25, -0.2) is 4.99 Å². The first-order valence-corrected chi connectivity index (χ1v) is 8.92. The van der Waals surface area contributed by atoms with Crippen molar-refractivity contribution >= 4 is 41.3 Å². The van der Waals surface area contributed by atoms with Crippen molar-refractivity contribution in [1.29, 1.82) is 0 Å². The van der Waals surface area contributed by atoms with Crippen LogP contribution in [0.4, 0.5) is 0 Å². The fraction of sp³-hybridized carbons (Fsp3) is 0.688. The first-order valence-electron chi connectivity index (χ1n) is 8.05. The third kappa shape index (κ3) is 7.28. The normalized spacial score (nSPS) is 19.5. The summed E-state index contributed by atoms with van der Waals surface area (Å²) in [6.07, 6.45) is 2.72. The smallest absolute Gasteiger partial charge is 0.191 e. The number of nitrogens with one attached hydrogen (secondary N) is 2. The quantitative estimate of drug-likeness (QED) is 0.409. The number of aliphatic imine (C=N–C) groups is 1. The predicted molar refractivity (Wildman–Crippen MR) is 107 cm³/mol. The van der Waals surface area contributed by atoms with Crippen LogP contribution in [0.25, 0.3) is 0 Å². The molecule has 1 aliphatic heterocycles. The predicted octanol–water partition coefficient (Wildman–Crippen LogP) is 3.15. The van der Waals surface area contributed by atoms with Gasteiger partial charge in [-0.05, 0) is 43.7 Å². The second-order valence-corrected chi connectivity index (χ2v) is 6.78. The van der Waals surface area contributed by atoms with Crippen molar-refractivity contribution in [3.63, 3.8) is 0 Å². The third-order valence-electron chi connectivity index (χ3n) is 3.78. The fourth-order valence-corrected chi connectivity index (χ4v) is 3.35. The molecule has 2 rings (SSSR count). The zero-order valence-electron chi connectivity index (χ0n) is 13.7. The van der Waals surface area contributed by atoms with Crippen LogP contribution >= 0.6 is 35.3 Å². The van der Waals surface area contributed by atoms with Gasteiger partial charge in [-0.3, -0.25) is 0 Å². The summed E-state index contributed by atoms with van der Waals surface area (Å²) in [5.74, 6) is 1.77. The Bertz CT molecular complexity index is 422. The lowest BCUT2D eigenvalue weighted by molar-refractivity contribution is 0.187. The van der Waals surface area contributed by atoms with Gasteiger partial charge in [0.25, 0.3) is 0 Å². The minimum atomic E-state index is 0. The molecule has 1 unspecified atom stereocenters. The molecule has 126 valence electrons. The van der Waals surface area contributed by atoms with Crippen LogP contribution in [0.2, 0.25) is 0 Å². The van der Waals surface area contributed by atoms with Gasteiger partial charge in [-0.1, -0.05) is 13.0 Å². The Labute approximate surface area is 155 Å². The number of rotatable bonds is 6. The van der Waals surface area contributed by atoms with Gasteiger partial charge in [0.05, 0.1) is 6.54 Å². The van der Waals surface area contributed by atoms with E-state index in [1.165, 1.54) is 30.8 Å². The monoisotopic (exact) mass is 436 g/mol. The molecule has 0 aromatic carbocycles. The molecule has 0 radical (unpaired) electrons. The summed E-state index contributed by atoms with van der Waals surface area (Å²) in [6, 6.07) is 4.21. The molecule has 1 saturated heterocycles. The van der Waals surface area contributed by atoms with Gasteiger partial charge in [0.2, 0.25) is 0 Å². The molecular formula is C16H29IN4S. The highest BCUT2D eigenvalue weighted by atomic mass is 127. The van der Waals surface area contributed by atoms with Crippen molar-refractivity contribution in [2.45, 2.75) is 33.2 Å². The number of hydrogen-bond donors (Lipinski definition) is 2. The Kier molecular flexibility index (Phi) is 10.1. The van der Waals surface area contributed by atoms with Crippen LogP contribution in [0, 0.1) is 5.92 Å². The zero-order valence-corrected chi connectivity index (χ0v) is 16.8. The Hall–Kier alpha value is -0.340. The first-order chi connectivity index (χ1) is 10.3. The molecule has 22 heavy (non-hydrogen) atoms. The van der Waals surface area contributed by atoms with Crippen LogP contribution in [-0.4, -0.2) is 43.6 Å². The zero-order chi connectivity index (χ0) is 14.9. The topological polar surface area (TPSA) is 39.7 Å². The number of piperidine rings is 1. The second kappa shape index (κ2) is 11.2. The summed E-state index contributed by atoms with van der Waals surface area (Å²) in [4.78, 5) is 8.50. The molecule has 4 nitrogen and oxygen atoms in total. The Balaban J connectivity index is 0.00000242. The van der Waals surface area contributed by atoms with E-state index < -0.39 is 0 Å². The van der Waals surface area contributed by atoms with Crippen molar-refractivity contribution in [3.8, 4) is 0 Å². The van der Waals surface area contributed by atoms with Crippen LogP contribution in [0.15, 0.2) is 22.5 Å². The SMILES string of the molecule is CCNC(=NCc1cccs1)NCCN1CCCC(C)C1.I. The van der Waals surface area contributed by atoms with Gasteiger partial charge >= 0.3 is 0 Å². The number of hydrogen-bond acceptors (Lipinski definition) is 3. The Morgan fingerprint density at radius 1 is 1.45 bits per heavy atom. The molecule has 1 atom stereocenters. The second-order valence-electron chi connectivity index (χ2n) is 5.75. The minimum absolute atomic E-state index is 0. The molecule has 6 heteroatoms. The molecule has 1 aromatic heterocycles. The maximum absolute atomic E-state index is 4.64. The summed E-state index contributed by atoms with van der Waals surface area (Å²) in [7, 11) is 0. The van der Waals surface area contributed by atoms with E-state index in [-0.39, 0.29) is 24.0 Å². The molecule has 0 bridgehead atoms. The third-order valence-corrected chi connectivity index (χ3v) is 4.64. The van der Waals surface area contributed by atoms with E-state index in [4.69, 9.17) is 0 Å². The molecule has 1 fully saturated rings. The number of guanidine groups is 1. The molecular weight excluding hydrogens is 407 g/mol. The highest BCUT2D eigenvalue weighted by Gasteiger charge is 2.15. The van der Waals surface area contributed by atoms with E-state index >= 15 is 0 Å². The van der Waals surface area contributed by atoms with E-state index in [2.05, 4.69) is 51.9 Å². The molecule has 2 N–H and O–H groups in total. The summed E-state index contributed by atoms with van der Waals surface area (Å²) < 4.78 is 0. The van der Waals surface area contributed by atoms with Gasteiger partial charge in [0.1, 0.15) is 0 Å². The fourth-order valence-electron chi connectivity index (χ4n) is 2.72. The van der Waals surface area contributed by atoms with Crippen molar-refractivity contribution in [2.24, 2.45) is 10.9 Å². The average Bonchev–Trinajstić information content (AvgIpc) is 2.98. The van der Waals surface area contributed by atoms with Gasteiger partial charge in [0, 0.05) is 31.1 Å². The van der Waals surface area contributed by atoms with Crippen molar-refractivity contribution in [1.82, 2.24) is 15.5 Å². The largest absolute Gasteiger partial charge is 0.357 e.